The number of aliphatic hydroxyl groups is 1. The molecule has 6 atom stereocenters. The average molecular weight is 303 g/mol. The molecule has 0 bridgehead atoms. The standard InChI is InChI=1S/C19H29NO2/c1-18-7-4-5-14(18)13-11-20(3)16-9-12(21)10-17(22)19(16,2)15(13)6-8-18/h9,13-15,17,22H,4-8,10-11H2,1-3H3/t13-,14-,15-,17?,18-,19+/m0/s1. The van der Waals surface area contributed by atoms with Crippen molar-refractivity contribution in [3.05, 3.63) is 11.8 Å². The average Bonchev–Trinajstić information content (AvgIpc) is 2.84. The van der Waals surface area contributed by atoms with Gasteiger partial charge in [-0.25, -0.2) is 0 Å². The Hall–Kier alpha value is -0.830. The van der Waals surface area contributed by atoms with E-state index < -0.39 is 6.10 Å². The molecular weight excluding hydrogens is 274 g/mol. The van der Waals surface area contributed by atoms with Crippen LogP contribution in [0.2, 0.25) is 0 Å². The van der Waals surface area contributed by atoms with Crippen molar-refractivity contribution < 1.29 is 9.90 Å². The van der Waals surface area contributed by atoms with Crippen LogP contribution in [0.5, 0.6) is 0 Å². The fraction of sp³-hybridized carbons (Fsp3) is 0.842. The second-order valence-electron chi connectivity index (χ2n) is 8.84. The monoisotopic (exact) mass is 303 g/mol. The number of ketones is 1. The van der Waals surface area contributed by atoms with Crippen molar-refractivity contribution in [2.24, 2.45) is 28.6 Å². The first-order valence-electron chi connectivity index (χ1n) is 9.00. The zero-order valence-electron chi connectivity index (χ0n) is 14.1. The third kappa shape index (κ3) is 1.75. The minimum Gasteiger partial charge on any atom is -0.392 e. The summed E-state index contributed by atoms with van der Waals surface area (Å²) in [5.74, 6) is 2.11. The molecule has 3 aliphatic carbocycles. The Morgan fingerprint density at radius 3 is 2.77 bits per heavy atom. The SMILES string of the molecule is CN1C[C@H]2[C@@H]3CCC[C@@]3(C)CC[C@@H]2[C@]2(C)C1=CC(=O)CC2O. The van der Waals surface area contributed by atoms with E-state index in [-0.39, 0.29) is 11.2 Å². The molecule has 3 fully saturated rings. The zero-order valence-corrected chi connectivity index (χ0v) is 14.1. The van der Waals surface area contributed by atoms with E-state index in [1.54, 1.807) is 0 Å². The second-order valence-corrected chi connectivity index (χ2v) is 8.84. The van der Waals surface area contributed by atoms with Crippen LogP contribution < -0.4 is 0 Å². The fourth-order valence-corrected chi connectivity index (χ4v) is 6.59. The lowest BCUT2D eigenvalue weighted by Gasteiger charge is -2.60. The van der Waals surface area contributed by atoms with E-state index in [4.69, 9.17) is 0 Å². The molecule has 0 radical (unpaired) electrons. The van der Waals surface area contributed by atoms with E-state index in [0.717, 1.165) is 18.2 Å². The summed E-state index contributed by atoms with van der Waals surface area (Å²) in [7, 11) is 2.12. The van der Waals surface area contributed by atoms with Gasteiger partial charge in [0.25, 0.3) is 0 Å². The van der Waals surface area contributed by atoms with Crippen LogP contribution in [0.4, 0.5) is 0 Å². The van der Waals surface area contributed by atoms with Gasteiger partial charge in [-0.2, -0.15) is 0 Å². The minimum absolute atomic E-state index is 0.0896. The van der Waals surface area contributed by atoms with Crippen LogP contribution in [0.3, 0.4) is 0 Å². The molecular formula is C19H29NO2. The van der Waals surface area contributed by atoms with Crippen molar-refractivity contribution in [1.29, 1.82) is 0 Å². The summed E-state index contributed by atoms with van der Waals surface area (Å²) in [6, 6.07) is 0. The summed E-state index contributed by atoms with van der Waals surface area (Å²) in [6.45, 7) is 5.78. The van der Waals surface area contributed by atoms with E-state index in [0.29, 0.717) is 23.7 Å². The Kier molecular flexibility index (Phi) is 3.08. The van der Waals surface area contributed by atoms with E-state index in [1.165, 1.54) is 32.1 Å². The van der Waals surface area contributed by atoms with Gasteiger partial charge in [-0.3, -0.25) is 4.79 Å². The van der Waals surface area contributed by atoms with Crippen molar-refractivity contribution in [2.75, 3.05) is 13.6 Å². The lowest BCUT2D eigenvalue weighted by Crippen LogP contribution is -2.60. The van der Waals surface area contributed by atoms with Crippen LogP contribution in [0.15, 0.2) is 11.8 Å². The maximum atomic E-state index is 11.9. The van der Waals surface area contributed by atoms with Gasteiger partial charge in [-0.1, -0.05) is 20.3 Å². The Morgan fingerprint density at radius 2 is 2.00 bits per heavy atom. The third-order valence-corrected chi connectivity index (χ3v) is 7.82. The van der Waals surface area contributed by atoms with Gasteiger partial charge in [0, 0.05) is 37.2 Å². The van der Waals surface area contributed by atoms with Crippen molar-refractivity contribution in [3.63, 3.8) is 0 Å². The number of carbonyl (C=O) groups is 1. The van der Waals surface area contributed by atoms with Crippen molar-refractivity contribution >= 4 is 5.78 Å². The van der Waals surface area contributed by atoms with E-state index in [2.05, 4.69) is 25.8 Å². The van der Waals surface area contributed by atoms with Crippen LogP contribution in [-0.2, 0) is 4.79 Å². The maximum absolute atomic E-state index is 11.9. The molecule has 1 saturated heterocycles. The number of piperidine rings is 1. The van der Waals surface area contributed by atoms with E-state index in [9.17, 15) is 9.90 Å². The first-order chi connectivity index (χ1) is 10.4. The zero-order chi connectivity index (χ0) is 15.7. The first-order valence-corrected chi connectivity index (χ1v) is 9.00. The topological polar surface area (TPSA) is 40.5 Å². The minimum atomic E-state index is -0.513. The van der Waals surface area contributed by atoms with Gasteiger partial charge in [0.2, 0.25) is 0 Å². The Balaban J connectivity index is 1.77. The predicted octanol–water partition coefficient (Wildman–Crippen LogP) is 2.99. The number of rotatable bonds is 0. The molecule has 0 aromatic rings. The van der Waals surface area contributed by atoms with E-state index in [1.807, 2.05) is 6.08 Å². The number of nitrogens with zero attached hydrogens (tertiary/aromatic N) is 1. The molecule has 22 heavy (non-hydrogen) atoms. The smallest absolute Gasteiger partial charge is 0.160 e. The van der Waals surface area contributed by atoms with Gasteiger partial charge in [0.05, 0.1) is 6.10 Å². The maximum Gasteiger partial charge on any atom is 0.160 e. The number of hydrogen-bond donors (Lipinski definition) is 1. The van der Waals surface area contributed by atoms with Crippen LogP contribution in [0.25, 0.3) is 0 Å². The number of likely N-dealkylation sites (tertiary alicyclic amines) is 1. The molecule has 1 aliphatic heterocycles. The number of carbonyl (C=O) groups excluding carboxylic acids is 1. The van der Waals surface area contributed by atoms with E-state index >= 15 is 0 Å². The molecule has 0 aromatic heterocycles. The molecule has 2 saturated carbocycles. The summed E-state index contributed by atoms with van der Waals surface area (Å²) in [5, 5.41) is 10.8. The van der Waals surface area contributed by atoms with Gasteiger partial charge in [-0.15, -0.1) is 0 Å². The predicted molar refractivity (Wildman–Crippen MR) is 86.1 cm³/mol. The summed E-state index contributed by atoms with van der Waals surface area (Å²) in [4.78, 5) is 14.2. The molecule has 122 valence electrons. The largest absolute Gasteiger partial charge is 0.392 e. The highest BCUT2D eigenvalue weighted by Gasteiger charge is 2.60. The Morgan fingerprint density at radius 1 is 1.23 bits per heavy atom. The fourth-order valence-electron chi connectivity index (χ4n) is 6.59. The molecule has 0 spiro atoms. The van der Waals surface area contributed by atoms with Crippen molar-refractivity contribution in [3.8, 4) is 0 Å². The molecule has 1 unspecified atom stereocenters. The van der Waals surface area contributed by atoms with Crippen LogP contribution in [0.1, 0.15) is 52.4 Å². The van der Waals surface area contributed by atoms with Gasteiger partial charge < -0.3 is 10.0 Å². The lowest BCUT2D eigenvalue weighted by molar-refractivity contribution is -0.132. The van der Waals surface area contributed by atoms with Crippen molar-refractivity contribution in [2.45, 2.75) is 58.5 Å². The normalized spacial score (nSPS) is 51.0. The van der Waals surface area contributed by atoms with Crippen molar-refractivity contribution in [1.82, 2.24) is 4.90 Å². The third-order valence-electron chi connectivity index (χ3n) is 7.82. The molecule has 1 N–H and O–H groups in total. The molecule has 4 aliphatic rings. The summed E-state index contributed by atoms with van der Waals surface area (Å²) in [6.07, 6.45) is 8.23. The lowest BCUT2D eigenvalue weighted by atomic mass is 9.50. The number of fused-ring (bicyclic) bond motifs is 5. The van der Waals surface area contributed by atoms with Crippen LogP contribution in [-0.4, -0.2) is 35.5 Å². The van der Waals surface area contributed by atoms with Gasteiger partial charge >= 0.3 is 0 Å². The summed E-state index contributed by atoms with van der Waals surface area (Å²) >= 11 is 0. The highest BCUT2D eigenvalue weighted by Crippen LogP contribution is 2.63. The van der Waals surface area contributed by atoms with Gasteiger partial charge in [0.1, 0.15) is 0 Å². The molecule has 0 aromatic carbocycles. The number of hydrogen-bond acceptors (Lipinski definition) is 3. The number of allylic oxidation sites excluding steroid dienone is 1. The highest BCUT2D eigenvalue weighted by molar-refractivity contribution is 5.92. The summed E-state index contributed by atoms with van der Waals surface area (Å²) in [5.41, 5.74) is 1.39. The molecule has 0 amide bonds. The highest BCUT2D eigenvalue weighted by atomic mass is 16.3. The van der Waals surface area contributed by atoms with Gasteiger partial charge in [0.15, 0.2) is 5.78 Å². The second kappa shape index (κ2) is 4.59. The van der Waals surface area contributed by atoms with Gasteiger partial charge in [-0.05, 0) is 48.9 Å². The first kappa shape index (κ1) is 14.7. The number of aliphatic hydroxyl groups excluding tert-OH is 1. The molecule has 4 rings (SSSR count). The quantitative estimate of drug-likeness (QED) is 0.748. The van der Waals surface area contributed by atoms with Crippen LogP contribution in [0, 0.1) is 28.6 Å². The summed E-state index contributed by atoms with van der Waals surface area (Å²) < 4.78 is 0. The molecule has 1 heterocycles. The molecule has 3 nitrogen and oxygen atoms in total. The van der Waals surface area contributed by atoms with Crippen LogP contribution >= 0.6 is 0 Å². The molecule has 3 heteroatoms. The Bertz CT molecular complexity index is 542. The Labute approximate surface area is 133 Å².